The molecule has 164 valence electrons. The van der Waals surface area contributed by atoms with Crippen LogP contribution in [0.15, 0.2) is 48.5 Å². The second kappa shape index (κ2) is 8.08. The van der Waals surface area contributed by atoms with E-state index in [1.807, 2.05) is 0 Å². The van der Waals surface area contributed by atoms with E-state index in [1.165, 1.54) is 4.90 Å². The number of rotatable bonds is 4. The van der Waals surface area contributed by atoms with E-state index in [2.05, 4.69) is 0 Å². The van der Waals surface area contributed by atoms with Crippen molar-refractivity contribution in [2.24, 2.45) is 0 Å². The molecule has 0 saturated carbocycles. The minimum absolute atomic E-state index is 0.00854. The normalized spacial score (nSPS) is 21.1. The maximum absolute atomic E-state index is 12.8. The molecular weight excluding hydrogens is 414 g/mol. The third kappa shape index (κ3) is 3.60. The van der Waals surface area contributed by atoms with Crippen molar-refractivity contribution in [3.05, 3.63) is 59.7 Å². The maximum Gasteiger partial charge on any atom is 0.414 e. The maximum atomic E-state index is 12.8. The van der Waals surface area contributed by atoms with E-state index >= 15 is 0 Å². The van der Waals surface area contributed by atoms with Gasteiger partial charge in [-0.05, 0) is 35.9 Å². The van der Waals surface area contributed by atoms with Crippen molar-refractivity contribution in [1.29, 1.82) is 0 Å². The molecule has 0 aliphatic carbocycles. The Morgan fingerprint density at radius 3 is 2.34 bits per heavy atom. The van der Waals surface area contributed by atoms with Gasteiger partial charge >= 0.3 is 6.09 Å². The van der Waals surface area contributed by atoms with Crippen LogP contribution in [0.5, 0.6) is 0 Å². The largest absolute Gasteiger partial charge is 0.442 e. The van der Waals surface area contributed by atoms with E-state index in [4.69, 9.17) is 9.47 Å². The van der Waals surface area contributed by atoms with Crippen LogP contribution in [0.3, 0.4) is 0 Å². The Bertz CT molecular complexity index is 1100. The van der Waals surface area contributed by atoms with E-state index in [-0.39, 0.29) is 43.8 Å². The Labute approximate surface area is 184 Å². The van der Waals surface area contributed by atoms with E-state index < -0.39 is 12.2 Å². The fourth-order valence-corrected chi connectivity index (χ4v) is 4.22. The van der Waals surface area contributed by atoms with Crippen LogP contribution in [0, 0.1) is 0 Å². The van der Waals surface area contributed by atoms with Gasteiger partial charge in [-0.15, -0.1) is 0 Å². The van der Waals surface area contributed by atoms with Crippen molar-refractivity contribution in [3.63, 3.8) is 0 Å². The van der Waals surface area contributed by atoms with E-state index in [0.717, 1.165) is 10.6 Å². The minimum atomic E-state index is -0.624. The van der Waals surface area contributed by atoms with Gasteiger partial charge in [0.05, 0.1) is 26.1 Å². The molecular formula is C23H21N3O6. The topological polar surface area (TPSA) is 96.5 Å². The SMILES string of the molecule is O=C1Cc2ccccc2C(=O)N1C[C@H]1CN(c2ccc(N3CCOCC3=O)cc2)C(=O)O1. The number of hydrogen-bond donors (Lipinski definition) is 0. The number of ether oxygens (including phenoxy) is 2. The number of carbonyl (C=O) groups is 4. The molecule has 0 radical (unpaired) electrons. The Morgan fingerprint density at radius 1 is 0.875 bits per heavy atom. The van der Waals surface area contributed by atoms with E-state index in [0.29, 0.717) is 30.0 Å². The molecule has 2 aromatic carbocycles. The van der Waals surface area contributed by atoms with Gasteiger partial charge < -0.3 is 14.4 Å². The summed E-state index contributed by atoms with van der Waals surface area (Å²) in [7, 11) is 0. The second-order valence-corrected chi connectivity index (χ2v) is 7.87. The number of anilines is 2. The van der Waals surface area contributed by atoms with Crippen LogP contribution < -0.4 is 9.80 Å². The summed E-state index contributed by atoms with van der Waals surface area (Å²) in [4.78, 5) is 54.0. The predicted molar refractivity (Wildman–Crippen MR) is 113 cm³/mol. The lowest BCUT2D eigenvalue weighted by Crippen LogP contribution is -2.46. The van der Waals surface area contributed by atoms with Crippen molar-refractivity contribution >= 4 is 35.2 Å². The molecule has 5 rings (SSSR count). The summed E-state index contributed by atoms with van der Waals surface area (Å²) in [6.07, 6.45) is -1.02. The lowest BCUT2D eigenvalue weighted by molar-refractivity contribution is -0.129. The van der Waals surface area contributed by atoms with Crippen LogP contribution >= 0.6 is 0 Å². The van der Waals surface area contributed by atoms with Gasteiger partial charge in [0.2, 0.25) is 5.91 Å². The number of nitrogens with zero attached hydrogens (tertiary/aromatic N) is 3. The number of amides is 4. The zero-order chi connectivity index (χ0) is 22.2. The lowest BCUT2D eigenvalue weighted by Gasteiger charge is -2.28. The molecule has 0 spiro atoms. The van der Waals surface area contributed by atoms with Crippen LogP contribution in [0.4, 0.5) is 16.2 Å². The molecule has 3 aliphatic rings. The standard InChI is InChI=1S/C23H21N3O6/c27-20-11-15-3-1-2-4-19(15)22(29)26(20)13-18-12-25(23(30)32-18)17-7-5-16(6-8-17)24-9-10-31-14-21(24)28/h1-8,18H,9-14H2/t18-/m1/s1. The van der Waals surface area contributed by atoms with E-state index in [9.17, 15) is 19.2 Å². The molecule has 0 unspecified atom stereocenters. The molecule has 32 heavy (non-hydrogen) atoms. The number of fused-ring (bicyclic) bond motifs is 1. The van der Waals surface area contributed by atoms with Gasteiger partial charge in [-0.25, -0.2) is 4.79 Å². The number of imide groups is 1. The molecule has 4 amide bonds. The minimum Gasteiger partial charge on any atom is -0.442 e. The first kappa shape index (κ1) is 20.2. The average molecular weight is 435 g/mol. The van der Waals surface area contributed by atoms with Crippen LogP contribution in [-0.2, 0) is 25.5 Å². The molecule has 9 nitrogen and oxygen atoms in total. The summed E-state index contributed by atoms with van der Waals surface area (Å²) in [5, 5.41) is 0. The number of hydrogen-bond acceptors (Lipinski definition) is 6. The van der Waals surface area contributed by atoms with Crippen molar-refractivity contribution < 1.29 is 28.7 Å². The summed E-state index contributed by atoms with van der Waals surface area (Å²) in [5.74, 6) is -0.782. The molecule has 2 aromatic rings. The average Bonchev–Trinajstić information content (AvgIpc) is 3.17. The second-order valence-electron chi connectivity index (χ2n) is 7.87. The molecule has 2 fully saturated rings. The Kier molecular flexibility index (Phi) is 5.10. The molecule has 2 saturated heterocycles. The molecule has 9 heteroatoms. The number of cyclic esters (lactones) is 1. The lowest BCUT2D eigenvalue weighted by atomic mass is 9.98. The van der Waals surface area contributed by atoms with Crippen molar-refractivity contribution in [1.82, 2.24) is 4.90 Å². The van der Waals surface area contributed by atoms with Gasteiger partial charge in [0.1, 0.15) is 12.7 Å². The smallest absolute Gasteiger partial charge is 0.414 e. The van der Waals surface area contributed by atoms with Gasteiger partial charge in [0.15, 0.2) is 0 Å². The summed E-state index contributed by atoms with van der Waals surface area (Å²) in [6.45, 7) is 1.24. The quantitative estimate of drug-likeness (QED) is 0.677. The van der Waals surface area contributed by atoms with Gasteiger partial charge in [-0.1, -0.05) is 18.2 Å². The highest BCUT2D eigenvalue weighted by Crippen LogP contribution is 2.27. The number of carbonyl (C=O) groups excluding carboxylic acids is 4. The molecule has 0 aromatic heterocycles. The highest BCUT2D eigenvalue weighted by molar-refractivity contribution is 6.09. The van der Waals surface area contributed by atoms with Crippen molar-refractivity contribution in [3.8, 4) is 0 Å². The summed E-state index contributed by atoms with van der Waals surface area (Å²) in [5.41, 5.74) is 2.56. The fourth-order valence-electron chi connectivity index (χ4n) is 4.22. The first-order valence-corrected chi connectivity index (χ1v) is 10.4. The highest BCUT2D eigenvalue weighted by Gasteiger charge is 2.38. The first-order valence-electron chi connectivity index (χ1n) is 10.4. The van der Waals surface area contributed by atoms with Gasteiger partial charge in [-0.3, -0.25) is 24.2 Å². The highest BCUT2D eigenvalue weighted by atomic mass is 16.6. The van der Waals surface area contributed by atoms with Crippen LogP contribution in [0.1, 0.15) is 15.9 Å². The van der Waals surface area contributed by atoms with E-state index in [1.54, 1.807) is 53.4 Å². The zero-order valence-corrected chi connectivity index (χ0v) is 17.2. The van der Waals surface area contributed by atoms with Crippen LogP contribution in [-0.4, -0.2) is 67.7 Å². The summed E-state index contributed by atoms with van der Waals surface area (Å²) >= 11 is 0. The zero-order valence-electron chi connectivity index (χ0n) is 17.2. The molecule has 3 aliphatic heterocycles. The fraction of sp³-hybridized carbons (Fsp3) is 0.304. The van der Waals surface area contributed by atoms with Crippen LogP contribution in [0.25, 0.3) is 0 Å². The Hall–Kier alpha value is -3.72. The number of morpholine rings is 1. The monoisotopic (exact) mass is 435 g/mol. The van der Waals surface area contributed by atoms with Gasteiger partial charge in [0.25, 0.3) is 11.8 Å². The van der Waals surface area contributed by atoms with Crippen molar-refractivity contribution in [2.75, 3.05) is 42.6 Å². The Morgan fingerprint density at radius 2 is 1.59 bits per heavy atom. The number of benzene rings is 2. The summed E-state index contributed by atoms with van der Waals surface area (Å²) in [6, 6.07) is 14.1. The predicted octanol–water partition coefficient (Wildman–Crippen LogP) is 1.60. The van der Waals surface area contributed by atoms with Crippen molar-refractivity contribution in [2.45, 2.75) is 12.5 Å². The molecule has 1 atom stereocenters. The van der Waals surface area contributed by atoms with Gasteiger partial charge in [0, 0.05) is 23.5 Å². The van der Waals surface area contributed by atoms with Crippen LogP contribution in [0.2, 0.25) is 0 Å². The molecule has 0 bridgehead atoms. The Balaban J connectivity index is 1.27. The molecule has 0 N–H and O–H groups in total. The third-order valence-electron chi connectivity index (χ3n) is 5.85. The third-order valence-corrected chi connectivity index (χ3v) is 5.85. The first-order chi connectivity index (χ1) is 15.5. The summed E-state index contributed by atoms with van der Waals surface area (Å²) < 4.78 is 10.6. The van der Waals surface area contributed by atoms with Gasteiger partial charge in [-0.2, -0.15) is 0 Å². The molecule has 3 heterocycles.